The van der Waals surface area contributed by atoms with Gasteiger partial charge in [-0.05, 0) is 19.9 Å². The molecule has 0 unspecified atom stereocenters. The number of aryl methyl sites for hydroxylation is 2. The van der Waals surface area contributed by atoms with Crippen LogP contribution in [0.25, 0.3) is 11.3 Å². The van der Waals surface area contributed by atoms with Gasteiger partial charge in [0.2, 0.25) is 0 Å². The van der Waals surface area contributed by atoms with Crippen molar-refractivity contribution >= 4 is 11.7 Å². The third-order valence-electron chi connectivity index (χ3n) is 3.24. The zero-order valence-corrected chi connectivity index (χ0v) is 12.4. The van der Waals surface area contributed by atoms with Gasteiger partial charge < -0.3 is 9.84 Å². The number of benzene rings is 1. The van der Waals surface area contributed by atoms with Crippen molar-refractivity contribution in [1.29, 1.82) is 0 Å². The fraction of sp³-hybridized carbons (Fsp3) is 0.188. The molecule has 112 valence electrons. The number of carbonyl (C=O) groups is 1. The average Bonchev–Trinajstić information content (AvgIpc) is 3.14. The number of rotatable bonds is 4. The number of hydrogen-bond donors (Lipinski definition) is 1. The molecule has 0 radical (unpaired) electrons. The third-order valence-corrected chi connectivity index (χ3v) is 3.24. The van der Waals surface area contributed by atoms with E-state index in [2.05, 4.69) is 15.6 Å². The summed E-state index contributed by atoms with van der Waals surface area (Å²) < 4.78 is 6.92. The predicted octanol–water partition coefficient (Wildman–Crippen LogP) is 3.12. The number of nitrogens with zero attached hydrogens (tertiary/aromatic N) is 3. The number of amides is 1. The fourth-order valence-corrected chi connectivity index (χ4v) is 2.22. The lowest BCUT2D eigenvalue weighted by Crippen LogP contribution is -2.17. The largest absolute Gasteiger partial charge is 0.354 e. The van der Waals surface area contributed by atoms with Crippen LogP contribution < -0.4 is 5.32 Å². The highest BCUT2D eigenvalue weighted by molar-refractivity contribution is 6.02. The summed E-state index contributed by atoms with van der Waals surface area (Å²) in [5.74, 6) is 0.733. The number of hydrogen-bond acceptors (Lipinski definition) is 4. The summed E-state index contributed by atoms with van der Waals surface area (Å²) in [4.78, 5) is 12.3. The maximum Gasteiger partial charge on any atom is 0.275 e. The van der Waals surface area contributed by atoms with Crippen LogP contribution in [0.4, 0.5) is 5.82 Å². The molecule has 0 spiro atoms. The van der Waals surface area contributed by atoms with Crippen molar-refractivity contribution in [2.24, 2.45) is 0 Å². The Morgan fingerprint density at radius 3 is 2.77 bits per heavy atom. The number of carbonyl (C=O) groups excluding carboxylic acids is 1. The van der Waals surface area contributed by atoms with Crippen LogP contribution in [0, 0.1) is 6.92 Å². The summed E-state index contributed by atoms with van der Waals surface area (Å²) in [5.41, 5.74) is 2.21. The van der Waals surface area contributed by atoms with Gasteiger partial charge in [0, 0.05) is 18.2 Å². The lowest BCUT2D eigenvalue weighted by Gasteiger charge is -2.03. The Kier molecular flexibility index (Phi) is 3.74. The molecule has 3 rings (SSSR count). The Bertz CT molecular complexity index is 790. The minimum absolute atomic E-state index is 0.254. The lowest BCUT2D eigenvalue weighted by atomic mass is 10.2. The molecule has 3 aromatic rings. The Hall–Kier alpha value is -2.89. The van der Waals surface area contributed by atoms with Crippen molar-refractivity contribution in [2.75, 3.05) is 5.32 Å². The van der Waals surface area contributed by atoms with Crippen molar-refractivity contribution < 1.29 is 9.32 Å². The second-order valence-electron chi connectivity index (χ2n) is 4.88. The highest BCUT2D eigenvalue weighted by atomic mass is 16.5. The Labute approximate surface area is 127 Å². The summed E-state index contributed by atoms with van der Waals surface area (Å²) in [5, 5.41) is 10.9. The van der Waals surface area contributed by atoms with E-state index < -0.39 is 0 Å². The molecule has 1 aromatic carbocycles. The topological polar surface area (TPSA) is 73.0 Å². The molecule has 2 aromatic heterocycles. The first-order valence-corrected chi connectivity index (χ1v) is 7.05. The van der Waals surface area contributed by atoms with Crippen LogP contribution in [0.3, 0.4) is 0 Å². The van der Waals surface area contributed by atoms with Gasteiger partial charge >= 0.3 is 0 Å². The highest BCUT2D eigenvalue weighted by Gasteiger charge is 2.15. The summed E-state index contributed by atoms with van der Waals surface area (Å²) in [6.07, 6.45) is 0. The molecule has 0 atom stereocenters. The van der Waals surface area contributed by atoms with Gasteiger partial charge in [-0.2, -0.15) is 5.10 Å². The molecule has 1 N–H and O–H groups in total. The van der Waals surface area contributed by atoms with Crippen molar-refractivity contribution in [3.63, 3.8) is 0 Å². The Morgan fingerprint density at radius 1 is 1.27 bits per heavy atom. The minimum Gasteiger partial charge on any atom is -0.354 e. The number of nitrogens with one attached hydrogen (secondary N) is 1. The van der Waals surface area contributed by atoms with Crippen LogP contribution in [0.1, 0.15) is 23.1 Å². The van der Waals surface area contributed by atoms with E-state index in [1.807, 2.05) is 44.2 Å². The SMILES string of the molecule is CCn1nc(C)cc1C(=O)Nc1cc(-c2ccccc2)on1. The van der Waals surface area contributed by atoms with Crippen molar-refractivity contribution in [2.45, 2.75) is 20.4 Å². The average molecular weight is 296 g/mol. The summed E-state index contributed by atoms with van der Waals surface area (Å²) in [7, 11) is 0. The molecule has 0 bridgehead atoms. The second kappa shape index (κ2) is 5.85. The van der Waals surface area contributed by atoms with Crippen molar-refractivity contribution in [1.82, 2.24) is 14.9 Å². The molecule has 2 heterocycles. The van der Waals surface area contributed by atoms with Crippen molar-refractivity contribution in [3.8, 4) is 11.3 Å². The summed E-state index contributed by atoms with van der Waals surface area (Å²) in [6.45, 7) is 4.42. The molecule has 0 aliphatic heterocycles. The first-order chi connectivity index (χ1) is 10.7. The molecule has 0 aliphatic rings. The Morgan fingerprint density at radius 2 is 2.05 bits per heavy atom. The van der Waals surface area contributed by atoms with Crippen LogP contribution in [-0.2, 0) is 6.54 Å². The monoisotopic (exact) mass is 296 g/mol. The standard InChI is InChI=1S/C16H16N4O2/c1-3-20-13(9-11(2)18-20)16(21)17-15-10-14(22-19-15)12-7-5-4-6-8-12/h4-10H,3H2,1-2H3,(H,17,19,21). The van der Waals surface area contributed by atoms with E-state index in [1.54, 1.807) is 16.8 Å². The molecule has 0 fully saturated rings. The lowest BCUT2D eigenvalue weighted by molar-refractivity contribution is 0.101. The molecular weight excluding hydrogens is 280 g/mol. The van der Waals surface area contributed by atoms with Gasteiger partial charge in [-0.15, -0.1) is 0 Å². The van der Waals surface area contributed by atoms with Crippen LogP contribution in [0.2, 0.25) is 0 Å². The second-order valence-corrected chi connectivity index (χ2v) is 4.88. The normalized spacial score (nSPS) is 10.6. The zero-order valence-electron chi connectivity index (χ0n) is 12.4. The van der Waals surface area contributed by atoms with E-state index in [4.69, 9.17) is 4.52 Å². The number of anilines is 1. The van der Waals surface area contributed by atoms with Crippen LogP contribution in [0.5, 0.6) is 0 Å². The van der Waals surface area contributed by atoms with E-state index in [1.165, 1.54) is 0 Å². The summed E-state index contributed by atoms with van der Waals surface area (Å²) >= 11 is 0. The molecule has 6 nitrogen and oxygen atoms in total. The fourth-order valence-electron chi connectivity index (χ4n) is 2.22. The van der Waals surface area contributed by atoms with Crippen molar-refractivity contribution in [3.05, 3.63) is 53.9 Å². The first kappa shape index (κ1) is 14.1. The maximum atomic E-state index is 12.3. The smallest absolute Gasteiger partial charge is 0.275 e. The van der Waals surface area contributed by atoms with Gasteiger partial charge in [-0.25, -0.2) is 0 Å². The Balaban J connectivity index is 1.79. The molecule has 1 amide bonds. The summed E-state index contributed by atoms with van der Waals surface area (Å²) in [6, 6.07) is 13.0. The zero-order chi connectivity index (χ0) is 15.5. The highest BCUT2D eigenvalue weighted by Crippen LogP contribution is 2.22. The third kappa shape index (κ3) is 2.76. The van der Waals surface area contributed by atoms with E-state index in [9.17, 15) is 4.79 Å². The van der Waals surface area contributed by atoms with E-state index in [0.717, 1.165) is 11.3 Å². The van der Waals surface area contributed by atoms with Gasteiger partial charge in [0.05, 0.1) is 5.69 Å². The molecule has 0 saturated carbocycles. The minimum atomic E-state index is -0.254. The van der Waals surface area contributed by atoms with Crippen LogP contribution in [-0.4, -0.2) is 20.8 Å². The van der Waals surface area contributed by atoms with Gasteiger partial charge in [-0.3, -0.25) is 9.48 Å². The van der Waals surface area contributed by atoms with Crippen LogP contribution in [0.15, 0.2) is 47.0 Å². The van der Waals surface area contributed by atoms with E-state index >= 15 is 0 Å². The van der Waals surface area contributed by atoms with E-state index in [0.29, 0.717) is 23.8 Å². The van der Waals surface area contributed by atoms with Gasteiger partial charge in [-0.1, -0.05) is 35.5 Å². The van der Waals surface area contributed by atoms with Gasteiger partial charge in [0.1, 0.15) is 5.69 Å². The molecular formula is C16H16N4O2. The quantitative estimate of drug-likeness (QED) is 0.802. The maximum absolute atomic E-state index is 12.3. The predicted molar refractivity (Wildman–Crippen MR) is 82.5 cm³/mol. The molecule has 6 heteroatoms. The van der Waals surface area contributed by atoms with Gasteiger partial charge in [0.25, 0.3) is 5.91 Å². The molecule has 0 saturated heterocycles. The molecule has 22 heavy (non-hydrogen) atoms. The van der Waals surface area contributed by atoms with Gasteiger partial charge in [0.15, 0.2) is 11.6 Å². The van der Waals surface area contributed by atoms with Crippen LogP contribution >= 0.6 is 0 Å². The first-order valence-electron chi connectivity index (χ1n) is 7.05. The number of aromatic nitrogens is 3. The molecule has 0 aliphatic carbocycles. The van der Waals surface area contributed by atoms with E-state index in [-0.39, 0.29) is 5.91 Å².